The van der Waals surface area contributed by atoms with Gasteiger partial charge in [-0.25, -0.2) is 4.68 Å². The van der Waals surface area contributed by atoms with Crippen LogP contribution >= 0.6 is 11.8 Å². The van der Waals surface area contributed by atoms with Crippen molar-refractivity contribution in [3.8, 4) is 0 Å². The molecule has 1 heterocycles. The van der Waals surface area contributed by atoms with Crippen LogP contribution in [0, 0.1) is 0 Å². The first-order chi connectivity index (χ1) is 8.99. The number of nitrogens with one attached hydrogen (secondary N) is 1. The van der Waals surface area contributed by atoms with Crippen molar-refractivity contribution in [2.45, 2.75) is 69.8 Å². The van der Waals surface area contributed by atoms with Crippen molar-refractivity contribution in [2.75, 3.05) is 6.26 Å². The van der Waals surface area contributed by atoms with Gasteiger partial charge in [0.1, 0.15) is 0 Å². The minimum atomic E-state index is 0.0139. The predicted octanol–water partition coefficient (Wildman–Crippen LogP) is 2.80. The van der Waals surface area contributed by atoms with Gasteiger partial charge in [0.2, 0.25) is 0 Å². The fraction of sp³-hybridized carbons (Fsp3) is 0.857. The van der Waals surface area contributed by atoms with Gasteiger partial charge in [-0.3, -0.25) is 0 Å². The Labute approximate surface area is 120 Å². The van der Waals surface area contributed by atoms with Crippen molar-refractivity contribution in [1.29, 1.82) is 0 Å². The summed E-state index contributed by atoms with van der Waals surface area (Å²) >= 11 is 2.01. The molecule has 19 heavy (non-hydrogen) atoms. The van der Waals surface area contributed by atoms with Crippen LogP contribution in [0.4, 0.5) is 0 Å². The molecule has 0 spiro atoms. The van der Waals surface area contributed by atoms with E-state index in [0.29, 0.717) is 6.04 Å². The molecule has 2 unspecified atom stereocenters. The van der Waals surface area contributed by atoms with Crippen molar-refractivity contribution < 1.29 is 0 Å². The van der Waals surface area contributed by atoms with Crippen LogP contribution in [0.3, 0.4) is 0 Å². The molecule has 0 aliphatic heterocycles. The monoisotopic (exact) mass is 282 g/mol. The fourth-order valence-corrected chi connectivity index (χ4v) is 3.33. The summed E-state index contributed by atoms with van der Waals surface area (Å²) < 4.78 is 1.94. The maximum atomic E-state index is 4.25. The lowest BCUT2D eigenvalue weighted by Gasteiger charge is -2.28. The van der Waals surface area contributed by atoms with E-state index in [4.69, 9.17) is 0 Å². The highest BCUT2D eigenvalue weighted by atomic mass is 32.2. The number of hydrogen-bond acceptors (Lipinski definition) is 4. The number of nitrogens with zero attached hydrogens (tertiary/aromatic N) is 3. The van der Waals surface area contributed by atoms with Crippen molar-refractivity contribution in [3.63, 3.8) is 0 Å². The zero-order chi connectivity index (χ0) is 13.9. The third-order valence-electron chi connectivity index (χ3n) is 3.76. The second kappa shape index (κ2) is 6.27. The molecule has 0 radical (unpaired) electrons. The second-order valence-corrected chi connectivity index (χ2v) is 7.57. The quantitative estimate of drug-likeness (QED) is 0.922. The standard InChI is InChI=1S/C14H26N4S/c1-14(2,3)18-10-12(16-17-18)9-15-11-6-5-7-13(8-11)19-4/h10-11,13,15H,5-9H2,1-4H3. The van der Waals surface area contributed by atoms with Crippen LogP contribution in [0.2, 0.25) is 0 Å². The average Bonchev–Trinajstić information content (AvgIpc) is 2.85. The highest BCUT2D eigenvalue weighted by Crippen LogP contribution is 2.27. The molecular weight excluding hydrogens is 256 g/mol. The van der Waals surface area contributed by atoms with Crippen LogP contribution < -0.4 is 5.32 Å². The SMILES string of the molecule is CSC1CCCC(NCc2cn(C(C)(C)C)nn2)C1. The Balaban J connectivity index is 1.83. The number of hydrogen-bond donors (Lipinski definition) is 1. The van der Waals surface area contributed by atoms with Crippen LogP contribution in [0.15, 0.2) is 6.20 Å². The molecule has 1 aromatic rings. The minimum absolute atomic E-state index is 0.0139. The van der Waals surface area contributed by atoms with Gasteiger partial charge >= 0.3 is 0 Å². The van der Waals surface area contributed by atoms with Gasteiger partial charge in [0.25, 0.3) is 0 Å². The summed E-state index contributed by atoms with van der Waals surface area (Å²) in [4.78, 5) is 0. The first kappa shape index (κ1) is 14.9. The molecule has 108 valence electrons. The molecule has 5 heteroatoms. The van der Waals surface area contributed by atoms with Crippen LogP contribution in [0.5, 0.6) is 0 Å². The van der Waals surface area contributed by atoms with Crippen molar-refractivity contribution in [3.05, 3.63) is 11.9 Å². The molecule has 2 atom stereocenters. The summed E-state index contributed by atoms with van der Waals surface area (Å²) in [6, 6.07) is 0.644. The van der Waals surface area contributed by atoms with Gasteiger partial charge in [0.15, 0.2) is 0 Å². The third kappa shape index (κ3) is 4.21. The van der Waals surface area contributed by atoms with Crippen molar-refractivity contribution in [1.82, 2.24) is 20.3 Å². The summed E-state index contributed by atoms with van der Waals surface area (Å²) in [5.41, 5.74) is 1.06. The Bertz CT molecular complexity index is 396. The molecule has 2 rings (SSSR count). The predicted molar refractivity (Wildman–Crippen MR) is 81.4 cm³/mol. The van der Waals surface area contributed by atoms with Gasteiger partial charge in [0, 0.05) is 17.8 Å². The number of aromatic nitrogens is 3. The lowest BCUT2D eigenvalue weighted by atomic mass is 9.95. The fourth-order valence-electron chi connectivity index (χ4n) is 2.50. The molecule has 0 saturated heterocycles. The normalized spacial score (nSPS) is 24.6. The van der Waals surface area contributed by atoms with Crippen LogP contribution in [-0.2, 0) is 12.1 Å². The van der Waals surface area contributed by atoms with Crippen molar-refractivity contribution >= 4 is 11.8 Å². The zero-order valence-electron chi connectivity index (χ0n) is 12.5. The Kier molecular flexibility index (Phi) is 4.90. The van der Waals surface area contributed by atoms with E-state index in [0.717, 1.165) is 17.5 Å². The molecule has 0 aromatic carbocycles. The van der Waals surface area contributed by atoms with E-state index < -0.39 is 0 Å². The summed E-state index contributed by atoms with van der Waals surface area (Å²) in [5, 5.41) is 12.9. The van der Waals surface area contributed by atoms with E-state index in [-0.39, 0.29) is 5.54 Å². The number of thioether (sulfide) groups is 1. The highest BCUT2D eigenvalue weighted by Gasteiger charge is 2.21. The Morgan fingerprint density at radius 2 is 2.21 bits per heavy atom. The largest absolute Gasteiger partial charge is 0.308 e. The average molecular weight is 282 g/mol. The molecular formula is C14H26N4S. The Morgan fingerprint density at radius 1 is 1.42 bits per heavy atom. The Morgan fingerprint density at radius 3 is 2.84 bits per heavy atom. The van der Waals surface area contributed by atoms with E-state index in [1.807, 2.05) is 16.4 Å². The maximum Gasteiger partial charge on any atom is 0.0965 e. The second-order valence-electron chi connectivity index (χ2n) is 6.43. The molecule has 1 saturated carbocycles. The highest BCUT2D eigenvalue weighted by molar-refractivity contribution is 7.99. The lowest BCUT2D eigenvalue weighted by Crippen LogP contribution is -2.34. The van der Waals surface area contributed by atoms with Gasteiger partial charge in [-0.15, -0.1) is 5.10 Å². The lowest BCUT2D eigenvalue weighted by molar-refractivity contribution is 0.346. The first-order valence-corrected chi connectivity index (χ1v) is 8.45. The molecule has 4 nitrogen and oxygen atoms in total. The van der Waals surface area contributed by atoms with Crippen LogP contribution in [0.1, 0.15) is 52.1 Å². The van der Waals surface area contributed by atoms with E-state index in [1.54, 1.807) is 0 Å². The van der Waals surface area contributed by atoms with E-state index in [9.17, 15) is 0 Å². The van der Waals surface area contributed by atoms with E-state index >= 15 is 0 Å². The molecule has 1 aliphatic rings. The van der Waals surface area contributed by atoms with Gasteiger partial charge in [0.05, 0.1) is 17.4 Å². The number of rotatable bonds is 4. The molecule has 1 fully saturated rings. The van der Waals surface area contributed by atoms with Gasteiger partial charge in [-0.05, 0) is 46.3 Å². The Hall–Kier alpha value is -0.550. The summed E-state index contributed by atoms with van der Waals surface area (Å²) in [5.74, 6) is 0. The van der Waals surface area contributed by atoms with Gasteiger partial charge < -0.3 is 5.32 Å². The molecule has 1 aromatic heterocycles. The molecule has 0 amide bonds. The van der Waals surface area contributed by atoms with Crippen LogP contribution in [0.25, 0.3) is 0 Å². The smallest absolute Gasteiger partial charge is 0.0965 e. The van der Waals surface area contributed by atoms with E-state index in [1.165, 1.54) is 25.7 Å². The molecule has 1 N–H and O–H groups in total. The summed E-state index contributed by atoms with van der Waals surface area (Å²) in [7, 11) is 0. The third-order valence-corrected chi connectivity index (χ3v) is 4.85. The first-order valence-electron chi connectivity index (χ1n) is 7.17. The topological polar surface area (TPSA) is 42.7 Å². The molecule has 1 aliphatic carbocycles. The summed E-state index contributed by atoms with van der Waals surface area (Å²) in [6.07, 6.45) is 9.58. The minimum Gasteiger partial charge on any atom is -0.308 e. The van der Waals surface area contributed by atoms with Crippen molar-refractivity contribution in [2.24, 2.45) is 0 Å². The maximum absolute atomic E-state index is 4.25. The van der Waals surface area contributed by atoms with Gasteiger partial charge in [-0.1, -0.05) is 11.6 Å². The zero-order valence-corrected chi connectivity index (χ0v) is 13.3. The van der Waals surface area contributed by atoms with Gasteiger partial charge in [-0.2, -0.15) is 11.8 Å². The van der Waals surface area contributed by atoms with E-state index in [2.05, 4.69) is 48.9 Å². The molecule has 0 bridgehead atoms. The summed E-state index contributed by atoms with van der Waals surface area (Å²) in [6.45, 7) is 7.26. The van der Waals surface area contributed by atoms with Crippen LogP contribution in [-0.4, -0.2) is 32.5 Å².